The molecule has 0 aliphatic carbocycles. The first-order chi connectivity index (χ1) is 7.92. The molecule has 0 aliphatic rings. The van der Waals surface area contributed by atoms with Crippen LogP contribution in [-0.4, -0.2) is 10.9 Å². The summed E-state index contributed by atoms with van der Waals surface area (Å²) in [4.78, 5) is 4.10. The van der Waals surface area contributed by atoms with Gasteiger partial charge in [-0.1, -0.05) is 24.0 Å². The van der Waals surface area contributed by atoms with Crippen LogP contribution in [0.4, 0.5) is 0 Å². The van der Waals surface area contributed by atoms with Crippen LogP contribution in [0.25, 0.3) is 10.8 Å². The molecule has 0 unspecified atom stereocenters. The van der Waals surface area contributed by atoms with Crippen molar-refractivity contribution in [2.45, 2.75) is 12.8 Å². The summed E-state index contributed by atoms with van der Waals surface area (Å²) in [7, 11) is 0. The van der Waals surface area contributed by atoms with Crippen LogP contribution in [0.1, 0.15) is 18.4 Å². The van der Waals surface area contributed by atoms with Crippen LogP contribution in [0.3, 0.4) is 0 Å². The van der Waals surface area contributed by atoms with E-state index in [9.17, 15) is 0 Å². The van der Waals surface area contributed by atoms with Crippen LogP contribution >= 0.6 is 11.6 Å². The second-order valence-electron chi connectivity index (χ2n) is 3.50. The minimum atomic E-state index is 0.675. The first-order valence-corrected chi connectivity index (χ1v) is 5.83. The van der Waals surface area contributed by atoms with Crippen molar-refractivity contribution in [3.8, 4) is 11.8 Å². The number of benzene rings is 1. The number of unbranched alkanes of at least 4 members (excludes halogenated alkanes) is 1. The first-order valence-electron chi connectivity index (χ1n) is 5.29. The van der Waals surface area contributed by atoms with Crippen molar-refractivity contribution in [2.75, 3.05) is 5.88 Å². The lowest BCUT2D eigenvalue weighted by atomic mass is 10.1. The fourth-order valence-corrected chi connectivity index (χ4v) is 1.68. The normalized spacial score (nSPS) is 9.81. The van der Waals surface area contributed by atoms with Gasteiger partial charge in [0.05, 0.1) is 0 Å². The lowest BCUT2D eigenvalue weighted by molar-refractivity contribution is 0.991. The molecule has 16 heavy (non-hydrogen) atoms. The van der Waals surface area contributed by atoms with Crippen molar-refractivity contribution in [3.63, 3.8) is 0 Å². The number of nitrogens with zero attached hydrogens (tertiary/aromatic N) is 1. The van der Waals surface area contributed by atoms with E-state index in [1.54, 1.807) is 6.20 Å². The molecule has 1 heterocycles. The van der Waals surface area contributed by atoms with Gasteiger partial charge < -0.3 is 0 Å². The summed E-state index contributed by atoms with van der Waals surface area (Å²) in [5, 5.41) is 2.29. The molecule has 1 aromatic heterocycles. The van der Waals surface area contributed by atoms with E-state index in [1.165, 1.54) is 0 Å². The summed E-state index contributed by atoms with van der Waals surface area (Å²) in [5.41, 5.74) is 1.06. The number of pyridine rings is 1. The average Bonchev–Trinajstić information content (AvgIpc) is 2.35. The van der Waals surface area contributed by atoms with Gasteiger partial charge >= 0.3 is 0 Å². The van der Waals surface area contributed by atoms with Crippen molar-refractivity contribution >= 4 is 22.4 Å². The Labute approximate surface area is 100 Å². The maximum absolute atomic E-state index is 5.60. The number of fused-ring (bicyclic) bond motifs is 1. The quantitative estimate of drug-likeness (QED) is 0.436. The summed E-state index contributed by atoms with van der Waals surface area (Å²) < 4.78 is 0. The van der Waals surface area contributed by atoms with Crippen molar-refractivity contribution in [2.24, 2.45) is 0 Å². The predicted octanol–water partition coefficient (Wildman–Crippen LogP) is 3.61. The van der Waals surface area contributed by atoms with Gasteiger partial charge in [0, 0.05) is 41.0 Å². The Morgan fingerprint density at radius 3 is 3.06 bits per heavy atom. The van der Waals surface area contributed by atoms with Gasteiger partial charge in [0.2, 0.25) is 0 Å². The van der Waals surface area contributed by atoms with Gasteiger partial charge in [0.1, 0.15) is 0 Å². The van der Waals surface area contributed by atoms with E-state index in [2.05, 4.69) is 16.8 Å². The SMILES string of the molecule is ClCCCC#Cc1cccc2cnccc12. The zero-order valence-electron chi connectivity index (χ0n) is 8.91. The van der Waals surface area contributed by atoms with Crippen LogP contribution in [0.2, 0.25) is 0 Å². The summed E-state index contributed by atoms with van der Waals surface area (Å²) >= 11 is 5.60. The number of hydrogen-bond donors (Lipinski definition) is 0. The topological polar surface area (TPSA) is 12.9 Å². The van der Waals surface area contributed by atoms with E-state index in [4.69, 9.17) is 11.6 Å². The van der Waals surface area contributed by atoms with Crippen LogP contribution in [-0.2, 0) is 0 Å². The second-order valence-corrected chi connectivity index (χ2v) is 3.87. The molecule has 0 bridgehead atoms. The van der Waals surface area contributed by atoms with Gasteiger partial charge in [-0.05, 0) is 18.6 Å². The number of hydrogen-bond acceptors (Lipinski definition) is 1. The van der Waals surface area contributed by atoms with Gasteiger partial charge in [-0.2, -0.15) is 0 Å². The molecule has 0 fully saturated rings. The molecule has 0 N–H and O–H groups in total. The van der Waals surface area contributed by atoms with E-state index in [1.807, 2.05) is 30.5 Å². The third-order valence-electron chi connectivity index (χ3n) is 2.34. The lowest BCUT2D eigenvalue weighted by Gasteiger charge is -1.98. The summed E-state index contributed by atoms with van der Waals surface area (Å²) in [6, 6.07) is 8.10. The van der Waals surface area contributed by atoms with Gasteiger partial charge in [0.25, 0.3) is 0 Å². The van der Waals surface area contributed by atoms with Crippen molar-refractivity contribution < 1.29 is 0 Å². The van der Waals surface area contributed by atoms with Crippen LogP contribution < -0.4 is 0 Å². The van der Waals surface area contributed by atoms with Crippen LogP contribution in [0, 0.1) is 11.8 Å². The maximum atomic E-state index is 5.60. The predicted molar refractivity (Wildman–Crippen MR) is 68.6 cm³/mol. The monoisotopic (exact) mass is 229 g/mol. The molecular formula is C14H12ClN. The average molecular weight is 230 g/mol. The highest BCUT2D eigenvalue weighted by molar-refractivity contribution is 6.17. The molecule has 0 amide bonds. The van der Waals surface area contributed by atoms with E-state index >= 15 is 0 Å². The largest absolute Gasteiger partial charge is 0.264 e. The Morgan fingerprint density at radius 1 is 1.25 bits per heavy atom. The zero-order chi connectivity index (χ0) is 11.2. The number of rotatable bonds is 2. The minimum Gasteiger partial charge on any atom is -0.264 e. The number of halogens is 1. The Morgan fingerprint density at radius 2 is 2.19 bits per heavy atom. The zero-order valence-corrected chi connectivity index (χ0v) is 9.67. The number of alkyl halides is 1. The van der Waals surface area contributed by atoms with Gasteiger partial charge in [-0.3, -0.25) is 4.98 Å². The van der Waals surface area contributed by atoms with Gasteiger partial charge in [-0.15, -0.1) is 11.6 Å². The molecule has 0 spiro atoms. The third kappa shape index (κ3) is 2.53. The maximum Gasteiger partial charge on any atom is 0.0346 e. The first kappa shape index (κ1) is 11.0. The van der Waals surface area contributed by atoms with Crippen molar-refractivity contribution in [3.05, 3.63) is 42.2 Å². The Hall–Kier alpha value is -1.52. The molecule has 0 aliphatic heterocycles. The highest BCUT2D eigenvalue weighted by atomic mass is 35.5. The van der Waals surface area contributed by atoms with E-state index in [0.717, 1.165) is 29.2 Å². The summed E-state index contributed by atoms with van der Waals surface area (Å²) in [5.74, 6) is 7.00. The smallest absolute Gasteiger partial charge is 0.0346 e. The van der Waals surface area contributed by atoms with E-state index in [0.29, 0.717) is 5.88 Å². The molecule has 0 radical (unpaired) electrons. The minimum absolute atomic E-state index is 0.675. The van der Waals surface area contributed by atoms with Crippen molar-refractivity contribution in [1.29, 1.82) is 0 Å². The highest BCUT2D eigenvalue weighted by Crippen LogP contribution is 2.16. The second kappa shape index (κ2) is 5.53. The van der Waals surface area contributed by atoms with Crippen LogP contribution in [0.15, 0.2) is 36.7 Å². The molecule has 1 nitrogen and oxygen atoms in total. The Bertz CT molecular complexity index is 532. The fraction of sp³-hybridized carbons (Fsp3) is 0.214. The molecule has 0 atom stereocenters. The molecule has 2 heteroatoms. The molecule has 2 aromatic rings. The Kier molecular flexibility index (Phi) is 3.80. The molecular weight excluding hydrogens is 218 g/mol. The summed E-state index contributed by atoms with van der Waals surface area (Å²) in [6.07, 6.45) is 5.46. The highest BCUT2D eigenvalue weighted by Gasteiger charge is 1.96. The fourth-order valence-electron chi connectivity index (χ4n) is 1.54. The standard InChI is InChI=1S/C14H12ClN/c15-9-3-1-2-5-12-6-4-7-13-11-16-10-8-14(12)13/h4,6-8,10-11H,1,3,9H2. The molecule has 0 saturated heterocycles. The van der Waals surface area contributed by atoms with Crippen molar-refractivity contribution in [1.82, 2.24) is 4.98 Å². The van der Waals surface area contributed by atoms with Gasteiger partial charge in [0.15, 0.2) is 0 Å². The third-order valence-corrected chi connectivity index (χ3v) is 2.61. The molecule has 2 rings (SSSR count). The molecule has 0 saturated carbocycles. The lowest BCUT2D eigenvalue weighted by Crippen LogP contribution is -1.81. The summed E-state index contributed by atoms with van der Waals surface area (Å²) in [6.45, 7) is 0. The van der Waals surface area contributed by atoms with Crippen LogP contribution in [0.5, 0.6) is 0 Å². The molecule has 1 aromatic carbocycles. The van der Waals surface area contributed by atoms with Gasteiger partial charge in [-0.25, -0.2) is 0 Å². The Balaban J connectivity index is 2.32. The van der Waals surface area contributed by atoms with E-state index in [-0.39, 0.29) is 0 Å². The molecule has 80 valence electrons. The van der Waals surface area contributed by atoms with E-state index < -0.39 is 0 Å². The number of aromatic nitrogens is 1.